The Morgan fingerprint density at radius 1 is 1.15 bits per heavy atom. The first-order valence-electron chi connectivity index (χ1n) is 7.80. The highest BCUT2D eigenvalue weighted by molar-refractivity contribution is 6.33. The van der Waals surface area contributed by atoms with E-state index in [0.717, 1.165) is 12.1 Å². The minimum Gasteiger partial charge on any atom is -0.486 e. The topological polar surface area (TPSA) is 73.9 Å². The monoisotopic (exact) mass is 379 g/mol. The van der Waals surface area contributed by atoms with Crippen LogP contribution in [-0.4, -0.2) is 31.2 Å². The Morgan fingerprint density at radius 2 is 1.88 bits per heavy atom. The van der Waals surface area contributed by atoms with E-state index in [2.05, 4.69) is 5.32 Å². The third kappa shape index (κ3) is 4.05. The summed E-state index contributed by atoms with van der Waals surface area (Å²) in [6, 6.07) is 8.24. The largest absolute Gasteiger partial charge is 0.486 e. The molecule has 0 aliphatic carbocycles. The molecule has 1 aliphatic heterocycles. The minimum absolute atomic E-state index is 0.0213. The standard InChI is InChI=1S/C18H15ClFNO5/c1-10(26-18(23)13-4-2-11(20)8-14(13)19)17(22)21-12-3-5-15-16(9-12)25-7-6-24-15/h2-5,8-10H,6-7H2,1H3,(H,21,22). The van der Waals surface area contributed by atoms with E-state index in [-0.39, 0.29) is 10.6 Å². The Hall–Kier alpha value is -2.80. The van der Waals surface area contributed by atoms with Crippen LogP contribution in [0.4, 0.5) is 10.1 Å². The number of hydrogen-bond acceptors (Lipinski definition) is 5. The lowest BCUT2D eigenvalue weighted by Crippen LogP contribution is -2.30. The van der Waals surface area contributed by atoms with Gasteiger partial charge in [-0.1, -0.05) is 11.6 Å². The molecule has 1 aliphatic rings. The number of amides is 1. The molecule has 0 saturated heterocycles. The molecule has 1 atom stereocenters. The second kappa shape index (κ2) is 7.61. The van der Waals surface area contributed by atoms with E-state index < -0.39 is 23.8 Å². The van der Waals surface area contributed by atoms with E-state index in [1.165, 1.54) is 13.0 Å². The number of halogens is 2. The quantitative estimate of drug-likeness (QED) is 0.824. The van der Waals surface area contributed by atoms with Gasteiger partial charge in [0.05, 0.1) is 10.6 Å². The van der Waals surface area contributed by atoms with Gasteiger partial charge in [0.2, 0.25) is 0 Å². The zero-order valence-electron chi connectivity index (χ0n) is 13.8. The number of nitrogens with one attached hydrogen (secondary N) is 1. The molecule has 1 unspecified atom stereocenters. The summed E-state index contributed by atoms with van der Waals surface area (Å²) in [6.45, 7) is 2.32. The van der Waals surface area contributed by atoms with Gasteiger partial charge in [-0.25, -0.2) is 9.18 Å². The summed E-state index contributed by atoms with van der Waals surface area (Å²) in [5.74, 6) is -0.805. The molecule has 1 amide bonds. The highest BCUT2D eigenvalue weighted by atomic mass is 35.5. The van der Waals surface area contributed by atoms with E-state index in [4.69, 9.17) is 25.8 Å². The fraction of sp³-hybridized carbons (Fsp3) is 0.222. The molecule has 2 aromatic rings. The minimum atomic E-state index is -1.09. The lowest BCUT2D eigenvalue weighted by atomic mass is 10.2. The van der Waals surface area contributed by atoms with Crippen LogP contribution in [0, 0.1) is 5.82 Å². The maximum Gasteiger partial charge on any atom is 0.340 e. The molecule has 136 valence electrons. The first kappa shape index (κ1) is 18.0. The Bertz CT molecular complexity index is 857. The lowest BCUT2D eigenvalue weighted by Gasteiger charge is -2.19. The van der Waals surface area contributed by atoms with Crippen LogP contribution in [-0.2, 0) is 9.53 Å². The molecule has 0 spiro atoms. The summed E-state index contributed by atoms with van der Waals surface area (Å²) < 4.78 is 29.0. The summed E-state index contributed by atoms with van der Waals surface area (Å²) >= 11 is 5.82. The van der Waals surface area contributed by atoms with Gasteiger partial charge in [-0.2, -0.15) is 0 Å². The van der Waals surface area contributed by atoms with Gasteiger partial charge in [0.25, 0.3) is 5.91 Å². The van der Waals surface area contributed by atoms with Crippen LogP contribution in [0.5, 0.6) is 11.5 Å². The van der Waals surface area contributed by atoms with Crippen molar-refractivity contribution in [2.45, 2.75) is 13.0 Å². The molecule has 6 nitrogen and oxygen atoms in total. The van der Waals surface area contributed by atoms with Gasteiger partial charge < -0.3 is 19.5 Å². The number of anilines is 1. The molecule has 2 aromatic carbocycles. The van der Waals surface area contributed by atoms with Gasteiger partial charge in [0.15, 0.2) is 17.6 Å². The van der Waals surface area contributed by atoms with Crippen LogP contribution in [0.2, 0.25) is 5.02 Å². The number of esters is 1. The van der Waals surface area contributed by atoms with Crippen LogP contribution in [0.3, 0.4) is 0 Å². The molecule has 1 N–H and O–H groups in total. The molecule has 0 saturated carbocycles. The van der Waals surface area contributed by atoms with Gasteiger partial charge in [-0.15, -0.1) is 0 Å². The SMILES string of the molecule is CC(OC(=O)c1ccc(F)cc1Cl)C(=O)Nc1ccc2c(c1)OCCO2. The fourth-order valence-corrected chi connectivity index (χ4v) is 2.54. The predicted molar refractivity (Wildman–Crippen MR) is 92.3 cm³/mol. The number of carbonyl (C=O) groups is 2. The Balaban J connectivity index is 1.63. The molecule has 0 bridgehead atoms. The second-order valence-corrected chi connectivity index (χ2v) is 5.93. The Morgan fingerprint density at radius 3 is 2.62 bits per heavy atom. The molecule has 3 rings (SSSR count). The van der Waals surface area contributed by atoms with Crippen molar-refractivity contribution in [3.05, 3.63) is 52.8 Å². The number of ether oxygens (including phenoxy) is 3. The van der Waals surface area contributed by atoms with Crippen LogP contribution >= 0.6 is 11.6 Å². The average Bonchev–Trinajstić information content (AvgIpc) is 2.61. The molecule has 0 radical (unpaired) electrons. The number of carbonyl (C=O) groups excluding carboxylic acids is 2. The molecule has 0 fully saturated rings. The summed E-state index contributed by atoms with van der Waals surface area (Å²) in [5, 5.41) is 2.54. The zero-order valence-corrected chi connectivity index (χ0v) is 14.5. The van der Waals surface area contributed by atoms with Gasteiger partial charge in [-0.05, 0) is 37.3 Å². The third-order valence-corrected chi connectivity index (χ3v) is 3.93. The van der Waals surface area contributed by atoms with Crippen molar-refractivity contribution in [1.29, 1.82) is 0 Å². The molecular formula is C18H15ClFNO5. The van der Waals surface area contributed by atoms with Crippen molar-refractivity contribution < 1.29 is 28.2 Å². The van der Waals surface area contributed by atoms with E-state index in [1.54, 1.807) is 18.2 Å². The molecule has 8 heteroatoms. The first-order valence-corrected chi connectivity index (χ1v) is 8.18. The third-order valence-electron chi connectivity index (χ3n) is 3.61. The number of hydrogen-bond donors (Lipinski definition) is 1. The zero-order chi connectivity index (χ0) is 18.7. The van der Waals surface area contributed by atoms with Crippen LogP contribution < -0.4 is 14.8 Å². The maximum absolute atomic E-state index is 13.0. The van der Waals surface area contributed by atoms with Crippen molar-refractivity contribution in [2.24, 2.45) is 0 Å². The van der Waals surface area contributed by atoms with Gasteiger partial charge >= 0.3 is 5.97 Å². The van der Waals surface area contributed by atoms with Gasteiger partial charge in [0, 0.05) is 11.8 Å². The van der Waals surface area contributed by atoms with Crippen LogP contribution in [0.15, 0.2) is 36.4 Å². The van der Waals surface area contributed by atoms with Crippen LogP contribution in [0.25, 0.3) is 0 Å². The highest BCUT2D eigenvalue weighted by Gasteiger charge is 2.21. The maximum atomic E-state index is 13.0. The number of benzene rings is 2. The summed E-state index contributed by atoms with van der Waals surface area (Å²) in [4.78, 5) is 24.3. The predicted octanol–water partition coefficient (Wildman–Crippen LogP) is 3.43. The van der Waals surface area contributed by atoms with Crippen LogP contribution in [0.1, 0.15) is 17.3 Å². The smallest absolute Gasteiger partial charge is 0.340 e. The lowest BCUT2D eigenvalue weighted by molar-refractivity contribution is -0.123. The fourth-order valence-electron chi connectivity index (χ4n) is 2.30. The Kier molecular flexibility index (Phi) is 5.27. The normalized spacial score (nSPS) is 13.7. The van der Waals surface area contributed by atoms with Crippen molar-refractivity contribution in [1.82, 2.24) is 0 Å². The summed E-state index contributed by atoms with van der Waals surface area (Å²) in [6.07, 6.45) is -1.09. The highest BCUT2D eigenvalue weighted by Crippen LogP contribution is 2.32. The summed E-state index contributed by atoms with van der Waals surface area (Å²) in [7, 11) is 0. The van der Waals surface area contributed by atoms with Crippen molar-refractivity contribution in [3.63, 3.8) is 0 Å². The average molecular weight is 380 g/mol. The van der Waals surface area contributed by atoms with Crippen molar-refractivity contribution in [3.8, 4) is 11.5 Å². The first-order chi connectivity index (χ1) is 12.4. The summed E-state index contributed by atoms with van der Waals surface area (Å²) in [5.41, 5.74) is 0.453. The number of rotatable bonds is 4. The molecule has 0 aromatic heterocycles. The van der Waals surface area contributed by atoms with Crippen molar-refractivity contribution >= 4 is 29.2 Å². The van der Waals surface area contributed by atoms with Crippen molar-refractivity contribution in [2.75, 3.05) is 18.5 Å². The molecule has 1 heterocycles. The Labute approximate surface area is 153 Å². The molecular weight excluding hydrogens is 365 g/mol. The van der Waals surface area contributed by atoms with E-state index in [9.17, 15) is 14.0 Å². The second-order valence-electron chi connectivity index (χ2n) is 5.52. The number of fused-ring (bicyclic) bond motifs is 1. The van der Waals surface area contributed by atoms with Gasteiger partial charge in [-0.3, -0.25) is 4.79 Å². The van der Waals surface area contributed by atoms with E-state index >= 15 is 0 Å². The van der Waals surface area contributed by atoms with Gasteiger partial charge in [0.1, 0.15) is 19.0 Å². The van der Waals surface area contributed by atoms with E-state index in [1.807, 2.05) is 0 Å². The van der Waals surface area contributed by atoms with E-state index in [0.29, 0.717) is 30.4 Å². The molecule has 26 heavy (non-hydrogen) atoms.